The van der Waals surface area contributed by atoms with Gasteiger partial charge in [-0.1, -0.05) is 12.1 Å². The van der Waals surface area contributed by atoms with Gasteiger partial charge in [0.25, 0.3) is 0 Å². The van der Waals surface area contributed by atoms with E-state index < -0.39 is 0 Å². The van der Waals surface area contributed by atoms with Crippen molar-refractivity contribution in [3.8, 4) is 0 Å². The lowest BCUT2D eigenvalue weighted by Gasteiger charge is -2.22. The summed E-state index contributed by atoms with van der Waals surface area (Å²) in [4.78, 5) is 12.5. The van der Waals surface area contributed by atoms with Gasteiger partial charge in [0.15, 0.2) is 0 Å². The number of carbonyl (C=O) groups excluding carboxylic acids is 1. The molecule has 0 spiro atoms. The fourth-order valence-electron chi connectivity index (χ4n) is 2.88. The van der Waals surface area contributed by atoms with Crippen molar-refractivity contribution in [2.75, 3.05) is 5.32 Å². The summed E-state index contributed by atoms with van der Waals surface area (Å²) in [5.41, 5.74) is 1.70. The predicted octanol–water partition coefficient (Wildman–Crippen LogP) is 3.83. The lowest BCUT2D eigenvalue weighted by atomic mass is 10.1. The Morgan fingerprint density at radius 2 is 1.96 bits per heavy atom. The van der Waals surface area contributed by atoms with E-state index in [2.05, 4.69) is 10.4 Å². The van der Waals surface area contributed by atoms with Crippen LogP contribution in [-0.2, 0) is 10.3 Å². The molecule has 1 aromatic carbocycles. The first kappa shape index (κ1) is 15.7. The third kappa shape index (κ3) is 3.28. The number of nitrogens with one attached hydrogen (secondary N) is 1. The zero-order valence-electron chi connectivity index (χ0n) is 13.9. The molecule has 1 aliphatic carbocycles. The van der Waals surface area contributed by atoms with E-state index >= 15 is 0 Å². The van der Waals surface area contributed by atoms with Crippen LogP contribution in [0.15, 0.2) is 30.3 Å². The Balaban J connectivity index is 1.71. The van der Waals surface area contributed by atoms with Gasteiger partial charge in [-0.2, -0.15) is 5.10 Å². The number of halogens is 1. The van der Waals surface area contributed by atoms with Gasteiger partial charge in [0.2, 0.25) is 5.91 Å². The van der Waals surface area contributed by atoms with Gasteiger partial charge < -0.3 is 5.32 Å². The predicted molar refractivity (Wildman–Crippen MR) is 87.8 cm³/mol. The van der Waals surface area contributed by atoms with Crippen molar-refractivity contribution < 1.29 is 9.18 Å². The summed E-state index contributed by atoms with van der Waals surface area (Å²) in [5, 5.41) is 7.46. The molecular weight excluding hydrogens is 293 g/mol. The molecule has 0 aliphatic heterocycles. The summed E-state index contributed by atoms with van der Waals surface area (Å²) < 4.78 is 14.8. The molecule has 1 fully saturated rings. The van der Waals surface area contributed by atoms with Crippen LogP contribution < -0.4 is 5.32 Å². The molecule has 1 saturated carbocycles. The van der Waals surface area contributed by atoms with E-state index in [0.29, 0.717) is 0 Å². The molecule has 4 nitrogen and oxygen atoms in total. The first-order valence-corrected chi connectivity index (χ1v) is 7.89. The second-order valence-corrected chi connectivity index (χ2v) is 7.24. The molecule has 0 saturated heterocycles. The molecule has 1 aliphatic rings. The summed E-state index contributed by atoms with van der Waals surface area (Å²) in [7, 11) is 0. The smallest absolute Gasteiger partial charge is 0.229 e. The van der Waals surface area contributed by atoms with Crippen molar-refractivity contribution in [3.63, 3.8) is 0 Å². The van der Waals surface area contributed by atoms with E-state index in [1.54, 1.807) is 12.1 Å². The molecule has 3 rings (SSSR count). The average molecular weight is 315 g/mol. The highest BCUT2D eigenvalue weighted by atomic mass is 19.1. The number of nitrogens with zero attached hydrogens (tertiary/aromatic N) is 2. The van der Waals surface area contributed by atoms with Crippen LogP contribution in [0.2, 0.25) is 0 Å². The Bertz CT molecular complexity index is 728. The molecule has 0 unspecified atom stereocenters. The highest BCUT2D eigenvalue weighted by Gasteiger charge is 2.44. The molecular formula is C18H22FN3O. The Labute approximate surface area is 135 Å². The van der Waals surface area contributed by atoms with Crippen LogP contribution >= 0.6 is 0 Å². The number of carbonyl (C=O) groups is 1. The highest BCUT2D eigenvalue weighted by Crippen LogP contribution is 2.48. The first-order valence-electron chi connectivity index (χ1n) is 7.89. The number of aromatic nitrogens is 2. The molecule has 23 heavy (non-hydrogen) atoms. The van der Waals surface area contributed by atoms with E-state index in [9.17, 15) is 9.18 Å². The summed E-state index contributed by atoms with van der Waals surface area (Å²) >= 11 is 0. The van der Waals surface area contributed by atoms with Gasteiger partial charge in [0.1, 0.15) is 11.6 Å². The first-order chi connectivity index (χ1) is 10.8. The van der Waals surface area contributed by atoms with Crippen LogP contribution in [0, 0.1) is 18.7 Å². The standard InChI is InChI=1S/C18H22FN3O/c1-11-9-16(22(21-11)18(2,3)4)20-17(23)15-10-14(15)12-5-7-13(19)8-6-12/h5-9,14-15H,10H2,1-4H3,(H,20,23)/t14-,15+/m0/s1. The van der Waals surface area contributed by atoms with Crippen molar-refractivity contribution in [2.45, 2.75) is 45.6 Å². The SMILES string of the molecule is Cc1cc(NC(=O)[C@@H]2C[C@H]2c2ccc(F)cc2)n(C(C)(C)C)n1. The van der Waals surface area contributed by atoms with Gasteiger partial charge in [-0.25, -0.2) is 9.07 Å². The third-order valence-electron chi connectivity index (χ3n) is 4.14. The van der Waals surface area contributed by atoms with Gasteiger partial charge in [-0.05, 0) is 57.7 Å². The monoisotopic (exact) mass is 315 g/mol. The zero-order chi connectivity index (χ0) is 16.8. The lowest BCUT2D eigenvalue weighted by Crippen LogP contribution is -2.27. The van der Waals surface area contributed by atoms with Crippen molar-refractivity contribution in [1.82, 2.24) is 9.78 Å². The van der Waals surface area contributed by atoms with Crippen LogP contribution in [0.5, 0.6) is 0 Å². The maximum absolute atomic E-state index is 13.0. The molecule has 2 atom stereocenters. The van der Waals surface area contributed by atoms with Crippen LogP contribution in [0.25, 0.3) is 0 Å². The van der Waals surface area contributed by atoms with E-state index in [1.165, 1.54) is 12.1 Å². The summed E-state index contributed by atoms with van der Waals surface area (Å²) in [6.45, 7) is 8.06. The normalized spacial score (nSPS) is 20.4. The van der Waals surface area contributed by atoms with E-state index in [0.717, 1.165) is 23.5 Å². The molecule has 1 N–H and O–H groups in total. The molecule has 5 heteroatoms. The second kappa shape index (κ2) is 5.48. The van der Waals surface area contributed by atoms with E-state index in [-0.39, 0.29) is 29.1 Å². The van der Waals surface area contributed by atoms with Gasteiger partial charge >= 0.3 is 0 Å². The van der Waals surface area contributed by atoms with Crippen molar-refractivity contribution in [1.29, 1.82) is 0 Å². The van der Waals surface area contributed by atoms with Crippen molar-refractivity contribution >= 4 is 11.7 Å². The molecule has 122 valence electrons. The Morgan fingerprint density at radius 3 is 2.57 bits per heavy atom. The van der Waals surface area contributed by atoms with Gasteiger partial charge in [0.05, 0.1) is 11.2 Å². The minimum atomic E-state index is -0.250. The fourth-order valence-corrected chi connectivity index (χ4v) is 2.88. The van der Waals surface area contributed by atoms with E-state index in [4.69, 9.17) is 0 Å². The fraction of sp³-hybridized carbons (Fsp3) is 0.444. The van der Waals surface area contributed by atoms with Crippen molar-refractivity contribution in [2.24, 2.45) is 5.92 Å². The lowest BCUT2D eigenvalue weighted by molar-refractivity contribution is -0.117. The summed E-state index contributed by atoms with van der Waals surface area (Å²) in [5.74, 6) is 0.612. The van der Waals surface area contributed by atoms with Crippen LogP contribution in [0.4, 0.5) is 10.2 Å². The second-order valence-electron chi connectivity index (χ2n) is 7.24. The molecule has 2 aromatic rings. The molecule has 1 amide bonds. The Kier molecular flexibility index (Phi) is 3.74. The number of hydrogen-bond donors (Lipinski definition) is 1. The molecule has 1 heterocycles. The van der Waals surface area contributed by atoms with Crippen molar-refractivity contribution in [3.05, 3.63) is 47.4 Å². The molecule has 0 bridgehead atoms. The van der Waals surface area contributed by atoms with Crippen LogP contribution in [-0.4, -0.2) is 15.7 Å². The number of rotatable bonds is 3. The molecule has 0 radical (unpaired) electrons. The maximum Gasteiger partial charge on any atom is 0.229 e. The third-order valence-corrected chi connectivity index (χ3v) is 4.14. The average Bonchev–Trinajstić information content (AvgIpc) is 3.16. The highest BCUT2D eigenvalue weighted by molar-refractivity contribution is 5.94. The Morgan fingerprint density at radius 1 is 1.30 bits per heavy atom. The summed E-state index contributed by atoms with van der Waals surface area (Å²) in [6.07, 6.45) is 0.806. The van der Waals surface area contributed by atoms with E-state index in [1.807, 2.05) is 38.4 Å². The topological polar surface area (TPSA) is 46.9 Å². The van der Waals surface area contributed by atoms with Crippen LogP contribution in [0.3, 0.4) is 0 Å². The largest absolute Gasteiger partial charge is 0.311 e. The van der Waals surface area contributed by atoms with Gasteiger partial charge in [-0.15, -0.1) is 0 Å². The maximum atomic E-state index is 13.0. The van der Waals surface area contributed by atoms with Gasteiger partial charge in [-0.3, -0.25) is 4.79 Å². The van der Waals surface area contributed by atoms with Gasteiger partial charge in [0, 0.05) is 12.0 Å². The minimum Gasteiger partial charge on any atom is -0.311 e. The number of benzene rings is 1. The quantitative estimate of drug-likeness (QED) is 0.936. The minimum absolute atomic E-state index is 0.00438. The number of amides is 1. The zero-order valence-corrected chi connectivity index (χ0v) is 13.9. The number of aryl methyl sites for hydroxylation is 1. The Hall–Kier alpha value is -2.17. The molecule has 1 aromatic heterocycles. The number of anilines is 1. The summed E-state index contributed by atoms with van der Waals surface area (Å²) in [6, 6.07) is 8.30. The number of hydrogen-bond acceptors (Lipinski definition) is 2. The van der Waals surface area contributed by atoms with Crippen LogP contribution in [0.1, 0.15) is 44.4 Å².